The van der Waals surface area contributed by atoms with Gasteiger partial charge in [0.1, 0.15) is 18.0 Å². The Hall–Kier alpha value is -1.76. The second-order valence-electron chi connectivity index (χ2n) is 6.29. The second-order valence-corrected chi connectivity index (χ2v) is 6.29. The summed E-state index contributed by atoms with van der Waals surface area (Å²) in [5.74, 6) is 1.04. The van der Waals surface area contributed by atoms with Crippen LogP contribution in [0.3, 0.4) is 0 Å². The molecule has 3 unspecified atom stereocenters. The number of hydrogen-bond donors (Lipinski definition) is 3. The number of methoxy groups -OCH3 is 2. The average molecular weight is 321 g/mol. The molecule has 0 bridgehead atoms. The van der Waals surface area contributed by atoms with Crippen LogP contribution in [0.25, 0.3) is 0 Å². The first-order valence-corrected chi connectivity index (χ1v) is 7.65. The molecule has 1 aromatic carbocycles. The smallest absolute Gasteiger partial charge is 0.161 e. The Bertz CT molecular complexity index is 631. The molecule has 0 aromatic heterocycles. The number of aliphatic hydroxyl groups is 3. The van der Waals surface area contributed by atoms with Gasteiger partial charge in [-0.2, -0.15) is 0 Å². The zero-order valence-corrected chi connectivity index (χ0v) is 13.6. The van der Waals surface area contributed by atoms with E-state index in [4.69, 9.17) is 9.47 Å². The van der Waals surface area contributed by atoms with Crippen molar-refractivity contribution in [2.24, 2.45) is 0 Å². The fourth-order valence-corrected chi connectivity index (χ4v) is 3.99. The first kappa shape index (κ1) is 16.1. The average Bonchev–Trinajstić information content (AvgIpc) is 2.89. The van der Waals surface area contributed by atoms with E-state index < -0.39 is 17.6 Å². The van der Waals surface area contributed by atoms with Gasteiger partial charge >= 0.3 is 0 Å². The van der Waals surface area contributed by atoms with Gasteiger partial charge in [-0.1, -0.05) is 6.07 Å². The number of aliphatic hydroxyl groups excluding tert-OH is 3. The summed E-state index contributed by atoms with van der Waals surface area (Å²) in [5, 5.41) is 30.6. The van der Waals surface area contributed by atoms with Crippen LogP contribution in [0.15, 0.2) is 30.0 Å². The van der Waals surface area contributed by atoms with Gasteiger partial charge in [0.15, 0.2) is 11.5 Å². The van der Waals surface area contributed by atoms with Crippen LogP contribution in [0.2, 0.25) is 0 Å². The Kier molecular flexibility index (Phi) is 4.00. The minimum atomic E-state index is -1.26. The molecule has 1 aliphatic heterocycles. The fourth-order valence-electron chi connectivity index (χ4n) is 3.99. The lowest BCUT2D eigenvalue weighted by molar-refractivity contribution is -0.0442. The van der Waals surface area contributed by atoms with Gasteiger partial charge in [0.05, 0.1) is 20.3 Å². The molecule has 2 aliphatic rings. The zero-order chi connectivity index (χ0) is 16.8. The number of hydrogen-bond acceptors (Lipinski definition) is 6. The van der Waals surface area contributed by atoms with Gasteiger partial charge < -0.3 is 24.8 Å². The maximum atomic E-state index is 10.5. The Balaban J connectivity index is 2.15. The number of ether oxygens (including phenoxy) is 2. The molecule has 23 heavy (non-hydrogen) atoms. The van der Waals surface area contributed by atoms with Crippen molar-refractivity contribution in [3.63, 3.8) is 0 Å². The van der Waals surface area contributed by atoms with E-state index in [9.17, 15) is 15.3 Å². The van der Waals surface area contributed by atoms with Crippen molar-refractivity contribution in [1.82, 2.24) is 4.90 Å². The van der Waals surface area contributed by atoms with E-state index >= 15 is 0 Å². The van der Waals surface area contributed by atoms with Crippen molar-refractivity contribution in [1.29, 1.82) is 0 Å². The molecule has 1 aromatic rings. The Morgan fingerprint density at radius 1 is 1.17 bits per heavy atom. The van der Waals surface area contributed by atoms with Gasteiger partial charge in [0.2, 0.25) is 0 Å². The number of nitrogens with zero attached hydrogens (tertiary/aromatic N) is 1. The zero-order valence-electron chi connectivity index (χ0n) is 13.6. The van der Waals surface area contributed by atoms with Crippen LogP contribution in [0, 0.1) is 0 Å². The normalized spacial score (nSPS) is 34.0. The Labute approximate surface area is 135 Å². The van der Waals surface area contributed by atoms with Crippen molar-refractivity contribution in [2.45, 2.75) is 30.1 Å². The van der Waals surface area contributed by atoms with E-state index in [1.165, 1.54) is 0 Å². The highest BCUT2D eigenvalue weighted by Crippen LogP contribution is 2.48. The van der Waals surface area contributed by atoms with Crippen LogP contribution in [0.1, 0.15) is 12.0 Å². The van der Waals surface area contributed by atoms with Crippen LogP contribution >= 0.6 is 0 Å². The SMILES string of the molecule is COc1ccc([C@@]23C=C(O)C(O)C(O)C2N(C)CC3)cc1OC. The van der Waals surface area contributed by atoms with Crippen LogP contribution < -0.4 is 9.47 Å². The summed E-state index contributed by atoms with van der Waals surface area (Å²) in [6.45, 7) is 0.757. The molecular formula is C17H23NO5. The largest absolute Gasteiger partial charge is 0.510 e. The lowest BCUT2D eigenvalue weighted by Gasteiger charge is -2.43. The number of likely N-dealkylation sites (N-methyl/N-ethyl adjacent to an activating group) is 1. The third kappa shape index (κ3) is 2.29. The molecular weight excluding hydrogens is 298 g/mol. The number of benzene rings is 1. The number of rotatable bonds is 3. The standard InChI is InChI=1S/C17H23NO5/c1-18-7-6-17(9-11(19)14(20)15(21)16(17)18)10-4-5-12(22-2)13(8-10)23-3/h4-5,8-9,14-16,19-21H,6-7H2,1-3H3/t14?,15?,16?,17-/m1/s1. The molecule has 0 saturated carbocycles. The first-order valence-electron chi connectivity index (χ1n) is 7.65. The lowest BCUT2D eigenvalue weighted by Crippen LogP contribution is -2.56. The molecule has 0 radical (unpaired) electrons. The van der Waals surface area contributed by atoms with Gasteiger partial charge in [-0.3, -0.25) is 4.90 Å². The summed E-state index contributed by atoms with van der Waals surface area (Å²) < 4.78 is 10.7. The molecule has 3 N–H and O–H groups in total. The maximum Gasteiger partial charge on any atom is 0.161 e. The van der Waals surface area contributed by atoms with Gasteiger partial charge in [0, 0.05) is 5.41 Å². The van der Waals surface area contributed by atoms with E-state index in [-0.39, 0.29) is 11.8 Å². The van der Waals surface area contributed by atoms with Crippen LogP contribution in [-0.4, -0.2) is 66.3 Å². The summed E-state index contributed by atoms with van der Waals surface area (Å²) in [4.78, 5) is 2.02. The lowest BCUT2D eigenvalue weighted by atomic mass is 9.67. The van der Waals surface area contributed by atoms with E-state index in [0.29, 0.717) is 11.5 Å². The molecule has 0 spiro atoms. The summed E-state index contributed by atoms with van der Waals surface area (Å²) in [6, 6.07) is 5.30. The van der Waals surface area contributed by atoms with E-state index in [2.05, 4.69) is 0 Å². The quantitative estimate of drug-likeness (QED) is 0.765. The minimum Gasteiger partial charge on any atom is -0.510 e. The Morgan fingerprint density at radius 2 is 1.87 bits per heavy atom. The third-order valence-electron chi connectivity index (χ3n) is 5.16. The highest BCUT2D eigenvalue weighted by atomic mass is 16.5. The molecule has 1 heterocycles. The molecule has 1 saturated heterocycles. The highest BCUT2D eigenvalue weighted by molar-refractivity contribution is 5.49. The van der Waals surface area contributed by atoms with E-state index in [1.54, 1.807) is 20.3 Å². The van der Waals surface area contributed by atoms with Crippen molar-refractivity contribution in [3.05, 3.63) is 35.6 Å². The fraction of sp³-hybridized carbons (Fsp3) is 0.529. The second kappa shape index (κ2) is 5.70. The van der Waals surface area contributed by atoms with Gasteiger partial charge in [-0.25, -0.2) is 0 Å². The summed E-state index contributed by atoms with van der Waals surface area (Å²) >= 11 is 0. The summed E-state index contributed by atoms with van der Waals surface area (Å²) in [7, 11) is 5.07. The predicted molar refractivity (Wildman–Crippen MR) is 85.0 cm³/mol. The third-order valence-corrected chi connectivity index (χ3v) is 5.16. The minimum absolute atomic E-state index is 0.182. The molecule has 1 aliphatic carbocycles. The first-order chi connectivity index (χ1) is 10.9. The molecule has 0 amide bonds. The van der Waals surface area contributed by atoms with Gasteiger partial charge in [-0.15, -0.1) is 0 Å². The topological polar surface area (TPSA) is 82.4 Å². The number of likely N-dealkylation sites (tertiary alicyclic amines) is 1. The molecule has 6 heteroatoms. The molecule has 4 atom stereocenters. The highest BCUT2D eigenvalue weighted by Gasteiger charge is 2.54. The number of fused-ring (bicyclic) bond motifs is 1. The van der Waals surface area contributed by atoms with Crippen LogP contribution in [0.5, 0.6) is 11.5 Å². The Morgan fingerprint density at radius 3 is 2.52 bits per heavy atom. The van der Waals surface area contributed by atoms with Crippen molar-refractivity contribution < 1.29 is 24.8 Å². The van der Waals surface area contributed by atoms with E-state index in [0.717, 1.165) is 18.5 Å². The van der Waals surface area contributed by atoms with E-state index in [1.807, 2.05) is 30.1 Å². The molecule has 3 rings (SSSR count). The van der Waals surface area contributed by atoms with Crippen LogP contribution in [-0.2, 0) is 5.41 Å². The molecule has 1 fully saturated rings. The van der Waals surface area contributed by atoms with Gasteiger partial charge in [0.25, 0.3) is 0 Å². The summed E-state index contributed by atoms with van der Waals surface area (Å²) in [6.07, 6.45) is 0.103. The van der Waals surface area contributed by atoms with Crippen molar-refractivity contribution in [2.75, 3.05) is 27.8 Å². The maximum absolute atomic E-state index is 10.5. The molecule has 6 nitrogen and oxygen atoms in total. The summed E-state index contributed by atoms with van der Waals surface area (Å²) in [5.41, 5.74) is 0.346. The monoisotopic (exact) mass is 321 g/mol. The molecule has 126 valence electrons. The predicted octanol–water partition coefficient (Wildman–Crippen LogP) is 0.823. The van der Waals surface area contributed by atoms with Crippen LogP contribution in [0.4, 0.5) is 0 Å². The van der Waals surface area contributed by atoms with Crippen molar-refractivity contribution in [3.8, 4) is 11.5 Å². The van der Waals surface area contributed by atoms with Crippen molar-refractivity contribution >= 4 is 0 Å². The van der Waals surface area contributed by atoms with Gasteiger partial charge in [-0.05, 0) is 43.8 Å².